The molecule has 2 aromatic heterocycles. The fraction of sp³-hybridized carbons (Fsp3) is 0.462. The highest BCUT2D eigenvalue weighted by Gasteiger charge is 2.18. The van der Waals surface area contributed by atoms with Crippen molar-refractivity contribution in [1.29, 1.82) is 0 Å². The van der Waals surface area contributed by atoms with Crippen LogP contribution in [0.5, 0.6) is 0 Å². The van der Waals surface area contributed by atoms with Gasteiger partial charge in [-0.1, -0.05) is 11.6 Å². The van der Waals surface area contributed by atoms with E-state index in [0.717, 1.165) is 36.1 Å². The first-order valence-electron chi connectivity index (χ1n) is 6.08. The summed E-state index contributed by atoms with van der Waals surface area (Å²) in [6.07, 6.45) is 4.32. The lowest BCUT2D eigenvalue weighted by Gasteiger charge is -2.05. The summed E-state index contributed by atoms with van der Waals surface area (Å²) < 4.78 is 2.11. The van der Waals surface area contributed by atoms with Crippen LogP contribution in [0.25, 0.3) is 5.65 Å². The van der Waals surface area contributed by atoms with Crippen molar-refractivity contribution in [2.75, 3.05) is 13.1 Å². The van der Waals surface area contributed by atoms with Crippen LogP contribution >= 0.6 is 11.6 Å². The van der Waals surface area contributed by atoms with Gasteiger partial charge < -0.3 is 9.72 Å². The van der Waals surface area contributed by atoms with E-state index in [-0.39, 0.29) is 0 Å². The van der Waals surface area contributed by atoms with E-state index in [9.17, 15) is 0 Å². The number of hydrogen-bond donors (Lipinski definition) is 1. The molecule has 4 heteroatoms. The van der Waals surface area contributed by atoms with Crippen LogP contribution in [0.2, 0.25) is 5.02 Å². The monoisotopic (exact) mass is 249 g/mol. The second-order valence-electron chi connectivity index (χ2n) is 4.78. The van der Waals surface area contributed by atoms with E-state index in [1.54, 1.807) is 0 Å². The largest absolute Gasteiger partial charge is 0.316 e. The van der Waals surface area contributed by atoms with Gasteiger partial charge in [0, 0.05) is 23.0 Å². The van der Waals surface area contributed by atoms with Crippen LogP contribution in [0, 0.1) is 12.8 Å². The Hall–Kier alpha value is -1.06. The van der Waals surface area contributed by atoms with Crippen molar-refractivity contribution in [1.82, 2.24) is 14.7 Å². The van der Waals surface area contributed by atoms with Gasteiger partial charge in [0.15, 0.2) is 0 Å². The molecular formula is C13H16ClN3. The minimum Gasteiger partial charge on any atom is -0.316 e. The Labute approximate surface area is 106 Å². The van der Waals surface area contributed by atoms with Crippen molar-refractivity contribution in [2.45, 2.75) is 19.8 Å². The Balaban J connectivity index is 1.96. The molecule has 1 unspecified atom stereocenters. The number of aryl methyl sites for hydroxylation is 1. The van der Waals surface area contributed by atoms with E-state index in [0.29, 0.717) is 0 Å². The van der Waals surface area contributed by atoms with Gasteiger partial charge in [-0.15, -0.1) is 0 Å². The van der Waals surface area contributed by atoms with E-state index in [2.05, 4.69) is 21.6 Å². The first-order valence-corrected chi connectivity index (χ1v) is 6.45. The van der Waals surface area contributed by atoms with Crippen LogP contribution in [0.3, 0.4) is 0 Å². The van der Waals surface area contributed by atoms with Gasteiger partial charge in [-0.05, 0) is 44.8 Å². The summed E-state index contributed by atoms with van der Waals surface area (Å²) >= 11 is 5.99. The molecule has 1 aliphatic heterocycles. The summed E-state index contributed by atoms with van der Waals surface area (Å²) in [5.74, 6) is 0.731. The topological polar surface area (TPSA) is 29.3 Å². The summed E-state index contributed by atoms with van der Waals surface area (Å²) in [6.45, 7) is 4.39. The number of aromatic nitrogens is 2. The Morgan fingerprint density at radius 2 is 2.47 bits per heavy atom. The van der Waals surface area contributed by atoms with Gasteiger partial charge in [0.2, 0.25) is 0 Å². The second kappa shape index (κ2) is 4.31. The number of rotatable bonds is 2. The molecule has 1 atom stereocenters. The zero-order valence-electron chi connectivity index (χ0n) is 9.91. The molecule has 0 radical (unpaired) electrons. The number of imidazole rings is 1. The maximum absolute atomic E-state index is 5.99. The third-order valence-corrected chi connectivity index (χ3v) is 3.80. The van der Waals surface area contributed by atoms with E-state index in [1.165, 1.54) is 17.8 Å². The molecule has 1 fully saturated rings. The molecule has 17 heavy (non-hydrogen) atoms. The van der Waals surface area contributed by atoms with Gasteiger partial charge in [0.05, 0.1) is 5.69 Å². The molecular weight excluding hydrogens is 234 g/mol. The van der Waals surface area contributed by atoms with Crippen LogP contribution in [0.1, 0.15) is 17.8 Å². The summed E-state index contributed by atoms with van der Waals surface area (Å²) in [5.41, 5.74) is 3.40. The lowest BCUT2D eigenvalue weighted by Crippen LogP contribution is -2.11. The highest BCUT2D eigenvalue weighted by atomic mass is 35.5. The minimum absolute atomic E-state index is 0.731. The third-order valence-electron chi connectivity index (χ3n) is 3.57. The Bertz CT molecular complexity index is 541. The normalized spacial score (nSPS) is 20.2. The zero-order chi connectivity index (χ0) is 11.8. The highest BCUT2D eigenvalue weighted by Crippen LogP contribution is 2.20. The lowest BCUT2D eigenvalue weighted by molar-refractivity contribution is 0.571. The summed E-state index contributed by atoms with van der Waals surface area (Å²) in [6, 6.07) is 3.83. The van der Waals surface area contributed by atoms with Crippen LogP contribution in [0.15, 0.2) is 18.3 Å². The molecule has 0 saturated carbocycles. The molecule has 0 amide bonds. The zero-order valence-corrected chi connectivity index (χ0v) is 10.7. The molecule has 1 saturated heterocycles. The average Bonchev–Trinajstić information content (AvgIpc) is 2.89. The fourth-order valence-electron chi connectivity index (χ4n) is 2.55. The number of hydrogen-bond acceptors (Lipinski definition) is 2. The maximum Gasteiger partial charge on any atom is 0.138 e. The van der Waals surface area contributed by atoms with Crippen LogP contribution in [0.4, 0.5) is 0 Å². The first kappa shape index (κ1) is 11.1. The Kier molecular flexibility index (Phi) is 2.81. The van der Waals surface area contributed by atoms with Gasteiger partial charge in [0.25, 0.3) is 0 Å². The van der Waals surface area contributed by atoms with Crippen molar-refractivity contribution in [2.24, 2.45) is 5.92 Å². The summed E-state index contributed by atoms with van der Waals surface area (Å²) in [4.78, 5) is 4.69. The van der Waals surface area contributed by atoms with Gasteiger partial charge in [-0.2, -0.15) is 0 Å². The number of nitrogens with zero attached hydrogens (tertiary/aromatic N) is 2. The van der Waals surface area contributed by atoms with Crippen LogP contribution in [-0.2, 0) is 6.42 Å². The van der Waals surface area contributed by atoms with Gasteiger partial charge in [-0.3, -0.25) is 0 Å². The lowest BCUT2D eigenvalue weighted by atomic mass is 10.0. The number of fused-ring (bicyclic) bond motifs is 1. The minimum atomic E-state index is 0.731. The maximum atomic E-state index is 5.99. The predicted molar refractivity (Wildman–Crippen MR) is 69.6 cm³/mol. The van der Waals surface area contributed by atoms with Crippen molar-refractivity contribution in [3.63, 3.8) is 0 Å². The second-order valence-corrected chi connectivity index (χ2v) is 5.22. The van der Waals surface area contributed by atoms with Crippen LogP contribution in [-0.4, -0.2) is 22.5 Å². The van der Waals surface area contributed by atoms with E-state index < -0.39 is 0 Å². The Morgan fingerprint density at radius 1 is 1.59 bits per heavy atom. The van der Waals surface area contributed by atoms with Crippen molar-refractivity contribution in [3.05, 3.63) is 34.7 Å². The quantitative estimate of drug-likeness (QED) is 0.886. The molecule has 1 N–H and O–H groups in total. The van der Waals surface area contributed by atoms with E-state index in [1.807, 2.05) is 18.3 Å². The molecule has 3 nitrogen and oxygen atoms in total. The van der Waals surface area contributed by atoms with Gasteiger partial charge in [0.1, 0.15) is 5.65 Å². The number of pyridine rings is 1. The molecule has 3 rings (SSSR count). The number of halogens is 1. The summed E-state index contributed by atoms with van der Waals surface area (Å²) in [7, 11) is 0. The smallest absolute Gasteiger partial charge is 0.138 e. The molecule has 3 heterocycles. The molecule has 0 aliphatic carbocycles. The third kappa shape index (κ3) is 2.05. The van der Waals surface area contributed by atoms with Gasteiger partial charge >= 0.3 is 0 Å². The standard InChI is InChI=1S/C13H16ClN3/c1-9-12(6-10-2-4-15-8-10)16-13-7-11(14)3-5-17(9)13/h3,5,7,10,15H,2,4,6,8H2,1H3. The molecule has 2 aromatic rings. The molecule has 0 aromatic carbocycles. The fourth-order valence-corrected chi connectivity index (χ4v) is 2.70. The molecule has 1 aliphatic rings. The predicted octanol–water partition coefficient (Wildman–Crippen LogP) is 2.45. The first-order chi connectivity index (χ1) is 8.24. The average molecular weight is 250 g/mol. The van der Waals surface area contributed by atoms with E-state index >= 15 is 0 Å². The molecule has 90 valence electrons. The van der Waals surface area contributed by atoms with Crippen LogP contribution < -0.4 is 5.32 Å². The van der Waals surface area contributed by atoms with Crippen molar-refractivity contribution in [3.8, 4) is 0 Å². The molecule has 0 bridgehead atoms. The SMILES string of the molecule is Cc1c(CC2CCNC2)nc2cc(Cl)ccn12. The summed E-state index contributed by atoms with van der Waals surface area (Å²) in [5, 5.41) is 4.15. The number of nitrogens with one attached hydrogen (secondary N) is 1. The molecule has 0 spiro atoms. The highest BCUT2D eigenvalue weighted by molar-refractivity contribution is 6.30. The Morgan fingerprint density at radius 3 is 3.24 bits per heavy atom. The van der Waals surface area contributed by atoms with Crippen molar-refractivity contribution < 1.29 is 0 Å². The van der Waals surface area contributed by atoms with Gasteiger partial charge in [-0.25, -0.2) is 4.98 Å². The van der Waals surface area contributed by atoms with Crippen molar-refractivity contribution >= 4 is 17.2 Å². The van der Waals surface area contributed by atoms with E-state index in [4.69, 9.17) is 11.6 Å².